The summed E-state index contributed by atoms with van der Waals surface area (Å²) in [6, 6.07) is 6.83. The summed E-state index contributed by atoms with van der Waals surface area (Å²) in [5, 5.41) is 4.44. The lowest BCUT2D eigenvalue weighted by molar-refractivity contribution is 0.412. The normalized spacial score (nSPS) is 32.6. The van der Waals surface area contributed by atoms with E-state index in [9.17, 15) is 0 Å². The standard InChI is InChI=1S/C21H25ClN2/c1-13-12-24-14(2)9-20(13)18-7-8-23-21-11-16-3-5-17(22)10-15(16)4-6-19(18)21/h3,5,8,10-11,13-14,19,24H,4,6-7,9,12H2,1-2H3. The van der Waals surface area contributed by atoms with Gasteiger partial charge in [0.25, 0.3) is 0 Å². The molecule has 0 radical (unpaired) electrons. The number of aliphatic imine (C=N–C) groups is 1. The summed E-state index contributed by atoms with van der Waals surface area (Å²) in [7, 11) is 0. The van der Waals surface area contributed by atoms with Crippen molar-refractivity contribution in [2.45, 2.75) is 45.6 Å². The van der Waals surface area contributed by atoms with Gasteiger partial charge in [0.2, 0.25) is 0 Å². The van der Waals surface area contributed by atoms with Crippen molar-refractivity contribution in [3.63, 3.8) is 0 Å². The smallest absolute Gasteiger partial charge is 0.0477 e. The van der Waals surface area contributed by atoms with Crippen LogP contribution in [-0.2, 0) is 6.42 Å². The van der Waals surface area contributed by atoms with E-state index in [1.807, 2.05) is 6.07 Å². The minimum atomic E-state index is 0.476. The van der Waals surface area contributed by atoms with Crippen LogP contribution in [0.15, 0.2) is 40.0 Å². The van der Waals surface area contributed by atoms with Gasteiger partial charge < -0.3 is 5.32 Å². The van der Waals surface area contributed by atoms with Crippen LogP contribution >= 0.6 is 11.6 Å². The van der Waals surface area contributed by atoms with Gasteiger partial charge in [0, 0.05) is 41.9 Å². The Morgan fingerprint density at radius 2 is 2.08 bits per heavy atom. The highest BCUT2D eigenvalue weighted by atomic mass is 35.5. The second-order valence-electron chi connectivity index (χ2n) is 7.48. The predicted octanol–water partition coefficient (Wildman–Crippen LogP) is 5.03. The lowest BCUT2D eigenvalue weighted by Gasteiger charge is -2.34. The predicted molar refractivity (Wildman–Crippen MR) is 103 cm³/mol. The Hall–Kier alpha value is -1.38. The molecular weight excluding hydrogens is 316 g/mol. The molecule has 2 aliphatic heterocycles. The Bertz CT molecular complexity index is 744. The van der Waals surface area contributed by atoms with Crippen molar-refractivity contribution >= 4 is 23.9 Å². The van der Waals surface area contributed by atoms with E-state index in [1.165, 1.54) is 23.2 Å². The van der Waals surface area contributed by atoms with Crippen molar-refractivity contribution in [2.24, 2.45) is 16.8 Å². The maximum atomic E-state index is 6.20. The van der Waals surface area contributed by atoms with Crippen molar-refractivity contribution in [1.82, 2.24) is 5.32 Å². The van der Waals surface area contributed by atoms with Gasteiger partial charge in [-0.3, -0.25) is 4.99 Å². The molecule has 0 amide bonds. The van der Waals surface area contributed by atoms with Crippen molar-refractivity contribution in [3.05, 3.63) is 51.2 Å². The van der Waals surface area contributed by atoms with Crippen LogP contribution in [-0.4, -0.2) is 18.8 Å². The second kappa shape index (κ2) is 6.50. The SMILES string of the molecule is CC1CC(=C2CC=NC3=Cc4ccc(Cl)cc4CCC32)C(C)CN1. The first-order valence-electron chi connectivity index (χ1n) is 9.09. The Morgan fingerprint density at radius 3 is 2.96 bits per heavy atom. The molecule has 2 nitrogen and oxygen atoms in total. The van der Waals surface area contributed by atoms with E-state index in [2.05, 4.69) is 43.6 Å². The molecule has 4 rings (SSSR count). The largest absolute Gasteiger partial charge is 0.313 e. The average molecular weight is 341 g/mol. The lowest BCUT2D eigenvalue weighted by atomic mass is 9.78. The molecular formula is C21H25ClN2. The van der Waals surface area contributed by atoms with E-state index in [0.29, 0.717) is 17.9 Å². The highest BCUT2D eigenvalue weighted by Gasteiger charge is 2.30. The van der Waals surface area contributed by atoms with Crippen LogP contribution in [0.1, 0.15) is 44.2 Å². The van der Waals surface area contributed by atoms with Crippen molar-refractivity contribution in [2.75, 3.05) is 6.54 Å². The monoisotopic (exact) mass is 340 g/mol. The second-order valence-corrected chi connectivity index (χ2v) is 7.92. The fourth-order valence-electron chi connectivity index (χ4n) is 4.42. The molecule has 126 valence electrons. The molecule has 1 N–H and O–H groups in total. The van der Waals surface area contributed by atoms with Crippen LogP contribution in [0.2, 0.25) is 5.02 Å². The summed E-state index contributed by atoms with van der Waals surface area (Å²) < 4.78 is 0. The maximum absolute atomic E-state index is 6.20. The highest BCUT2D eigenvalue weighted by Crippen LogP contribution is 2.41. The average Bonchev–Trinajstić information content (AvgIpc) is 2.76. The first-order valence-corrected chi connectivity index (χ1v) is 9.47. The summed E-state index contributed by atoms with van der Waals surface area (Å²) in [5.41, 5.74) is 7.19. The van der Waals surface area contributed by atoms with Crippen LogP contribution in [0.5, 0.6) is 0 Å². The summed E-state index contributed by atoms with van der Waals surface area (Å²) in [6.45, 7) is 5.76. The van der Waals surface area contributed by atoms with Gasteiger partial charge in [0.05, 0.1) is 0 Å². The zero-order valence-corrected chi connectivity index (χ0v) is 15.2. The fraction of sp³-hybridized carbons (Fsp3) is 0.476. The molecule has 1 saturated heterocycles. The third-order valence-corrected chi connectivity index (χ3v) is 5.98. The fourth-order valence-corrected chi connectivity index (χ4v) is 4.61. The topological polar surface area (TPSA) is 24.4 Å². The number of halogens is 1. The van der Waals surface area contributed by atoms with Crippen molar-refractivity contribution < 1.29 is 0 Å². The van der Waals surface area contributed by atoms with Crippen LogP contribution in [0.4, 0.5) is 0 Å². The number of nitrogens with zero attached hydrogens (tertiary/aromatic N) is 1. The molecule has 1 aromatic carbocycles. The molecule has 24 heavy (non-hydrogen) atoms. The molecule has 0 aromatic heterocycles. The first kappa shape index (κ1) is 16.1. The van der Waals surface area contributed by atoms with E-state index in [1.54, 1.807) is 11.1 Å². The summed E-state index contributed by atoms with van der Waals surface area (Å²) in [4.78, 5) is 4.78. The molecule has 3 aliphatic rings. The van der Waals surface area contributed by atoms with Crippen LogP contribution < -0.4 is 5.32 Å². The van der Waals surface area contributed by atoms with Crippen molar-refractivity contribution in [3.8, 4) is 0 Å². The number of benzene rings is 1. The van der Waals surface area contributed by atoms with Crippen LogP contribution in [0, 0.1) is 11.8 Å². The lowest BCUT2D eigenvalue weighted by Crippen LogP contribution is -2.38. The van der Waals surface area contributed by atoms with Gasteiger partial charge in [-0.2, -0.15) is 0 Å². The molecule has 0 bridgehead atoms. The number of piperidine rings is 1. The molecule has 3 heteroatoms. The number of nitrogens with one attached hydrogen (secondary N) is 1. The first-order chi connectivity index (χ1) is 11.6. The number of rotatable bonds is 0. The molecule has 1 fully saturated rings. The van der Waals surface area contributed by atoms with E-state index in [0.717, 1.165) is 30.8 Å². The van der Waals surface area contributed by atoms with Gasteiger partial charge >= 0.3 is 0 Å². The van der Waals surface area contributed by atoms with Crippen molar-refractivity contribution in [1.29, 1.82) is 0 Å². The highest BCUT2D eigenvalue weighted by molar-refractivity contribution is 6.30. The van der Waals surface area contributed by atoms with Crippen LogP contribution in [0.25, 0.3) is 6.08 Å². The molecule has 2 heterocycles. The van der Waals surface area contributed by atoms with E-state index >= 15 is 0 Å². The Morgan fingerprint density at radius 1 is 1.21 bits per heavy atom. The zero-order valence-electron chi connectivity index (χ0n) is 14.5. The minimum Gasteiger partial charge on any atom is -0.313 e. The van der Waals surface area contributed by atoms with Gasteiger partial charge in [-0.15, -0.1) is 0 Å². The third kappa shape index (κ3) is 2.98. The summed E-state index contributed by atoms with van der Waals surface area (Å²) in [6.07, 6.45) is 8.82. The van der Waals surface area contributed by atoms with E-state index < -0.39 is 0 Å². The van der Waals surface area contributed by atoms with Gasteiger partial charge in [0.15, 0.2) is 0 Å². The third-order valence-electron chi connectivity index (χ3n) is 5.75. The Kier molecular flexibility index (Phi) is 4.36. The summed E-state index contributed by atoms with van der Waals surface area (Å²) >= 11 is 6.20. The molecule has 3 atom stereocenters. The number of fused-ring (bicyclic) bond motifs is 2. The van der Waals surface area contributed by atoms with Gasteiger partial charge in [-0.25, -0.2) is 0 Å². The number of hydrogen-bond acceptors (Lipinski definition) is 2. The zero-order chi connectivity index (χ0) is 16.7. The Labute approximate surface area is 149 Å². The van der Waals surface area contributed by atoms with Gasteiger partial charge in [-0.1, -0.05) is 35.7 Å². The number of allylic oxidation sites excluding steroid dienone is 1. The molecule has 1 aliphatic carbocycles. The Balaban J connectivity index is 1.75. The molecule has 3 unspecified atom stereocenters. The minimum absolute atomic E-state index is 0.476. The van der Waals surface area contributed by atoms with Gasteiger partial charge in [-0.05, 0) is 61.4 Å². The van der Waals surface area contributed by atoms with Gasteiger partial charge in [0.1, 0.15) is 0 Å². The quantitative estimate of drug-likeness (QED) is 0.658. The maximum Gasteiger partial charge on any atom is 0.0477 e. The number of hydrogen-bond donors (Lipinski definition) is 1. The summed E-state index contributed by atoms with van der Waals surface area (Å²) in [5.74, 6) is 1.10. The molecule has 0 saturated carbocycles. The number of aryl methyl sites for hydroxylation is 1. The molecule has 0 spiro atoms. The molecule has 1 aromatic rings. The van der Waals surface area contributed by atoms with Crippen LogP contribution in [0.3, 0.4) is 0 Å². The van der Waals surface area contributed by atoms with E-state index in [-0.39, 0.29) is 0 Å². The van der Waals surface area contributed by atoms with E-state index in [4.69, 9.17) is 16.6 Å².